The Bertz CT molecular complexity index is 638. The normalized spacial score (nSPS) is 25.4. The fraction of sp³-hybridized carbons (Fsp3) is 0.700. The molecule has 6 heteroatoms. The van der Waals surface area contributed by atoms with Gasteiger partial charge in [0.15, 0.2) is 0 Å². The first-order valence-corrected chi connectivity index (χ1v) is 9.89. The minimum atomic E-state index is -0.307. The second-order valence-electron chi connectivity index (χ2n) is 8.71. The van der Waals surface area contributed by atoms with Crippen molar-refractivity contribution in [2.45, 2.75) is 51.9 Å². The quantitative estimate of drug-likeness (QED) is 0.770. The van der Waals surface area contributed by atoms with Gasteiger partial charge >= 0.3 is 7.12 Å². The molecule has 0 aromatic heterocycles. The van der Waals surface area contributed by atoms with Crippen LogP contribution in [0.3, 0.4) is 0 Å². The van der Waals surface area contributed by atoms with E-state index >= 15 is 0 Å². The molecule has 0 saturated carbocycles. The third-order valence-corrected chi connectivity index (χ3v) is 6.32. The molecule has 0 N–H and O–H groups in total. The number of hydrogen-bond donors (Lipinski definition) is 0. The summed E-state index contributed by atoms with van der Waals surface area (Å²) in [4.78, 5) is 4.96. The van der Waals surface area contributed by atoms with Gasteiger partial charge in [0.1, 0.15) is 0 Å². The molecule has 3 heterocycles. The number of morpholine rings is 1. The fourth-order valence-corrected chi connectivity index (χ4v) is 3.75. The first-order valence-electron chi connectivity index (χ1n) is 9.89. The third kappa shape index (κ3) is 3.40. The van der Waals surface area contributed by atoms with E-state index in [1.165, 1.54) is 30.8 Å². The van der Waals surface area contributed by atoms with Crippen molar-refractivity contribution >= 4 is 18.3 Å². The lowest BCUT2D eigenvalue weighted by Crippen LogP contribution is -2.41. The van der Waals surface area contributed by atoms with E-state index in [4.69, 9.17) is 14.0 Å². The number of rotatable bonds is 4. The molecular weight excluding hydrogens is 327 g/mol. The van der Waals surface area contributed by atoms with Crippen LogP contribution in [0, 0.1) is 0 Å². The maximum Gasteiger partial charge on any atom is 0.494 e. The highest BCUT2D eigenvalue weighted by molar-refractivity contribution is 6.62. The van der Waals surface area contributed by atoms with Gasteiger partial charge in [-0.25, -0.2) is 0 Å². The molecule has 142 valence electrons. The minimum absolute atomic E-state index is 0.297. The number of nitrogens with zero attached hydrogens (tertiary/aromatic N) is 2. The van der Waals surface area contributed by atoms with Crippen molar-refractivity contribution in [3.05, 3.63) is 23.8 Å². The lowest BCUT2D eigenvalue weighted by molar-refractivity contribution is 0.00578. The Balaban J connectivity index is 1.61. The standard InChI is InChI=1S/C20H31BN2O3/c1-19(2)20(3,4)26-21(25-19)17-6-7-18(23-10-12-24-13-11-23)16(14-17)15-22-8-5-9-22/h6-7,14H,5,8-13,15H2,1-4H3. The minimum Gasteiger partial charge on any atom is -0.399 e. The first-order chi connectivity index (χ1) is 12.4. The van der Waals surface area contributed by atoms with E-state index in [-0.39, 0.29) is 18.3 Å². The summed E-state index contributed by atoms with van der Waals surface area (Å²) in [5.74, 6) is 0. The number of likely N-dealkylation sites (tertiary alicyclic amines) is 1. The Morgan fingerprint density at radius 1 is 0.962 bits per heavy atom. The van der Waals surface area contributed by atoms with E-state index in [0.717, 1.165) is 38.3 Å². The Kier molecular flexibility index (Phi) is 4.80. The molecule has 4 rings (SSSR count). The third-order valence-electron chi connectivity index (χ3n) is 6.32. The molecule has 0 amide bonds. The van der Waals surface area contributed by atoms with E-state index < -0.39 is 0 Å². The monoisotopic (exact) mass is 358 g/mol. The molecule has 0 radical (unpaired) electrons. The van der Waals surface area contributed by atoms with Crippen molar-refractivity contribution in [2.24, 2.45) is 0 Å². The first kappa shape index (κ1) is 18.3. The highest BCUT2D eigenvalue weighted by Gasteiger charge is 2.51. The average molecular weight is 358 g/mol. The molecule has 0 unspecified atom stereocenters. The molecule has 3 fully saturated rings. The van der Waals surface area contributed by atoms with Gasteiger partial charge in [-0.15, -0.1) is 0 Å². The number of hydrogen-bond acceptors (Lipinski definition) is 5. The second-order valence-corrected chi connectivity index (χ2v) is 8.71. The van der Waals surface area contributed by atoms with Gasteiger partial charge in [0.25, 0.3) is 0 Å². The van der Waals surface area contributed by atoms with Crippen LogP contribution in [0.25, 0.3) is 0 Å². The van der Waals surface area contributed by atoms with E-state index in [1.54, 1.807) is 0 Å². The molecule has 3 saturated heterocycles. The molecule has 0 spiro atoms. The van der Waals surface area contributed by atoms with Gasteiger partial charge in [-0.1, -0.05) is 12.1 Å². The predicted molar refractivity (Wildman–Crippen MR) is 105 cm³/mol. The number of anilines is 1. The Hall–Kier alpha value is -1.08. The lowest BCUT2D eigenvalue weighted by atomic mass is 9.78. The summed E-state index contributed by atoms with van der Waals surface area (Å²) in [5, 5.41) is 0. The zero-order valence-corrected chi connectivity index (χ0v) is 16.6. The largest absolute Gasteiger partial charge is 0.494 e. The number of benzene rings is 1. The van der Waals surface area contributed by atoms with E-state index in [9.17, 15) is 0 Å². The van der Waals surface area contributed by atoms with Crippen LogP contribution in [-0.2, 0) is 20.6 Å². The summed E-state index contributed by atoms with van der Waals surface area (Å²) < 4.78 is 18.1. The molecule has 1 aromatic rings. The van der Waals surface area contributed by atoms with E-state index in [2.05, 4.69) is 55.7 Å². The second kappa shape index (κ2) is 6.82. The summed E-state index contributed by atoms with van der Waals surface area (Å²) >= 11 is 0. The SMILES string of the molecule is CC1(C)OB(c2ccc(N3CCOCC3)c(CN3CCC3)c2)OC1(C)C. The van der Waals surface area contributed by atoms with Crippen molar-refractivity contribution in [1.82, 2.24) is 4.90 Å². The Labute approximate surface area is 157 Å². The van der Waals surface area contributed by atoms with Crippen LogP contribution in [-0.4, -0.2) is 62.6 Å². The fourth-order valence-electron chi connectivity index (χ4n) is 3.75. The van der Waals surface area contributed by atoms with Gasteiger partial charge in [0, 0.05) is 25.3 Å². The molecule has 0 aliphatic carbocycles. The van der Waals surface area contributed by atoms with Crippen LogP contribution in [0.2, 0.25) is 0 Å². The van der Waals surface area contributed by atoms with Gasteiger partial charge in [-0.2, -0.15) is 0 Å². The van der Waals surface area contributed by atoms with Gasteiger partial charge in [-0.05, 0) is 64.3 Å². The topological polar surface area (TPSA) is 34.2 Å². The van der Waals surface area contributed by atoms with Crippen LogP contribution in [0.1, 0.15) is 39.7 Å². The summed E-state index contributed by atoms with van der Waals surface area (Å²) in [5.41, 5.74) is 3.21. The van der Waals surface area contributed by atoms with Crippen molar-refractivity contribution in [2.75, 3.05) is 44.3 Å². The molecule has 26 heavy (non-hydrogen) atoms. The summed E-state index contributed by atoms with van der Waals surface area (Å²) in [6.07, 6.45) is 1.31. The van der Waals surface area contributed by atoms with Crippen molar-refractivity contribution < 1.29 is 14.0 Å². The van der Waals surface area contributed by atoms with Gasteiger partial charge in [-0.3, -0.25) is 4.90 Å². The maximum absolute atomic E-state index is 6.27. The van der Waals surface area contributed by atoms with Gasteiger partial charge in [0.05, 0.1) is 24.4 Å². The smallest absolute Gasteiger partial charge is 0.399 e. The molecule has 1 aromatic carbocycles. The van der Waals surface area contributed by atoms with Gasteiger partial charge in [0.2, 0.25) is 0 Å². The highest BCUT2D eigenvalue weighted by Crippen LogP contribution is 2.37. The van der Waals surface area contributed by atoms with E-state index in [0.29, 0.717) is 0 Å². The summed E-state index contributed by atoms with van der Waals surface area (Å²) in [6.45, 7) is 15.4. The summed E-state index contributed by atoms with van der Waals surface area (Å²) in [6, 6.07) is 6.72. The van der Waals surface area contributed by atoms with Crippen LogP contribution < -0.4 is 10.4 Å². The average Bonchev–Trinajstić information content (AvgIpc) is 2.79. The van der Waals surface area contributed by atoms with Crippen molar-refractivity contribution in [3.63, 3.8) is 0 Å². The number of ether oxygens (including phenoxy) is 1. The lowest BCUT2D eigenvalue weighted by Gasteiger charge is -2.35. The molecule has 3 aliphatic rings. The Morgan fingerprint density at radius 2 is 1.62 bits per heavy atom. The highest BCUT2D eigenvalue weighted by atomic mass is 16.7. The zero-order chi connectivity index (χ0) is 18.4. The molecule has 3 aliphatic heterocycles. The van der Waals surface area contributed by atoms with Crippen molar-refractivity contribution in [3.8, 4) is 0 Å². The molecule has 0 atom stereocenters. The Morgan fingerprint density at radius 3 is 2.19 bits per heavy atom. The van der Waals surface area contributed by atoms with E-state index in [1.807, 2.05) is 0 Å². The van der Waals surface area contributed by atoms with Crippen LogP contribution >= 0.6 is 0 Å². The maximum atomic E-state index is 6.27. The molecular formula is C20H31BN2O3. The molecule has 0 bridgehead atoms. The zero-order valence-electron chi connectivity index (χ0n) is 16.6. The van der Waals surface area contributed by atoms with Crippen molar-refractivity contribution in [1.29, 1.82) is 0 Å². The molecule has 5 nitrogen and oxygen atoms in total. The van der Waals surface area contributed by atoms with Crippen LogP contribution in [0.15, 0.2) is 18.2 Å². The predicted octanol–water partition coefficient (Wildman–Crippen LogP) is 2.03. The van der Waals surface area contributed by atoms with Crippen LogP contribution in [0.4, 0.5) is 5.69 Å². The van der Waals surface area contributed by atoms with Gasteiger partial charge < -0.3 is 18.9 Å². The van der Waals surface area contributed by atoms with Crippen LogP contribution in [0.5, 0.6) is 0 Å². The summed E-state index contributed by atoms with van der Waals surface area (Å²) in [7, 11) is -0.297.